The molecule has 7 nitrogen and oxygen atoms in total. The molecule has 0 unspecified atom stereocenters. The number of amides is 1. The third-order valence-electron chi connectivity index (χ3n) is 4.63. The maximum Gasteiger partial charge on any atom is 0.414 e. The lowest BCUT2D eigenvalue weighted by atomic mass is 10.2. The van der Waals surface area contributed by atoms with Gasteiger partial charge in [-0.15, -0.1) is 0 Å². The Morgan fingerprint density at radius 2 is 2.00 bits per heavy atom. The van der Waals surface area contributed by atoms with Gasteiger partial charge in [0.15, 0.2) is 6.04 Å². The number of hydrogen-bond donors (Lipinski definition) is 1. The van der Waals surface area contributed by atoms with Gasteiger partial charge in [0, 0.05) is 12.1 Å². The topological polar surface area (TPSA) is 86.2 Å². The summed E-state index contributed by atoms with van der Waals surface area (Å²) in [6.45, 7) is 0.500. The summed E-state index contributed by atoms with van der Waals surface area (Å²) in [6, 6.07) is 1.75. The molecule has 2 aromatic heterocycles. The Labute approximate surface area is 164 Å². The summed E-state index contributed by atoms with van der Waals surface area (Å²) in [5.41, 5.74) is 0.348. The molecule has 2 aliphatic carbocycles. The molecular formula is C19H19F3N4O3. The highest BCUT2D eigenvalue weighted by Gasteiger charge is 2.43. The van der Waals surface area contributed by atoms with Gasteiger partial charge in [0.1, 0.15) is 5.69 Å². The average molecular weight is 408 g/mol. The van der Waals surface area contributed by atoms with Crippen molar-refractivity contribution < 1.29 is 27.4 Å². The van der Waals surface area contributed by atoms with E-state index in [0.717, 1.165) is 25.7 Å². The summed E-state index contributed by atoms with van der Waals surface area (Å²) in [6.07, 6.45) is 0.535. The summed E-state index contributed by atoms with van der Waals surface area (Å²) in [7, 11) is 0. The average Bonchev–Trinajstić information content (AvgIpc) is 3.58. The molecule has 0 saturated heterocycles. The molecule has 2 heterocycles. The number of carbonyl (C=O) groups excluding carboxylic acids is 1. The summed E-state index contributed by atoms with van der Waals surface area (Å²) < 4.78 is 50.7. The fourth-order valence-corrected chi connectivity index (χ4v) is 2.75. The second kappa shape index (κ2) is 7.84. The molecule has 2 fully saturated rings. The van der Waals surface area contributed by atoms with Crippen LogP contribution in [0.4, 0.5) is 18.0 Å². The Kier molecular flexibility index (Phi) is 5.25. The van der Waals surface area contributed by atoms with Gasteiger partial charge in [0.25, 0.3) is 0 Å². The van der Waals surface area contributed by atoms with Crippen LogP contribution in [0.2, 0.25) is 0 Å². The van der Waals surface area contributed by atoms with Crippen molar-refractivity contribution in [3.05, 3.63) is 42.0 Å². The van der Waals surface area contributed by atoms with Crippen LogP contribution in [0.25, 0.3) is 0 Å². The van der Waals surface area contributed by atoms with Gasteiger partial charge in [0.2, 0.25) is 11.8 Å². The first kappa shape index (κ1) is 19.4. The molecule has 0 spiro atoms. The first-order valence-corrected chi connectivity index (χ1v) is 9.36. The highest BCUT2D eigenvalue weighted by molar-refractivity contribution is 5.70. The van der Waals surface area contributed by atoms with Crippen LogP contribution in [0, 0.1) is 5.92 Å². The standard InChI is InChI=1S/C19H19F3N4O3/c20-19(21,22)16(13-3-1-2-8-23-13)26-18(27)29-14-9-24-15(12-6-7-12)17(25-14)28-10-11-4-5-11/h1-3,8-9,11-12,16H,4-7,10H2,(H,26,27)/t16-/m0/s1. The minimum atomic E-state index is -4.74. The predicted octanol–water partition coefficient (Wildman–Crippen LogP) is 3.93. The molecule has 2 aliphatic rings. The highest BCUT2D eigenvalue weighted by Crippen LogP contribution is 2.43. The van der Waals surface area contributed by atoms with Gasteiger partial charge < -0.3 is 14.8 Å². The number of nitrogens with one attached hydrogen (secondary N) is 1. The zero-order valence-corrected chi connectivity index (χ0v) is 15.4. The molecule has 4 rings (SSSR count). The van der Waals surface area contributed by atoms with Crippen LogP contribution in [0.5, 0.6) is 11.8 Å². The Balaban J connectivity index is 1.46. The largest absolute Gasteiger partial charge is 0.476 e. The van der Waals surface area contributed by atoms with Crippen molar-refractivity contribution in [3.8, 4) is 11.8 Å². The molecule has 0 aromatic carbocycles. The van der Waals surface area contributed by atoms with Crippen LogP contribution in [0.15, 0.2) is 30.6 Å². The van der Waals surface area contributed by atoms with Crippen molar-refractivity contribution in [2.24, 2.45) is 5.92 Å². The third kappa shape index (κ3) is 5.12. The van der Waals surface area contributed by atoms with Crippen LogP contribution >= 0.6 is 0 Å². The van der Waals surface area contributed by atoms with Gasteiger partial charge in [-0.2, -0.15) is 18.2 Å². The number of aromatic nitrogens is 3. The molecule has 2 saturated carbocycles. The SMILES string of the molecule is O=C(N[C@@H](c1ccccn1)C(F)(F)F)Oc1cnc(C2CC2)c(OCC2CC2)n1. The normalized spacial score (nSPS) is 17.5. The van der Waals surface area contributed by atoms with E-state index in [9.17, 15) is 18.0 Å². The fraction of sp³-hybridized carbons (Fsp3) is 0.474. The maximum absolute atomic E-state index is 13.3. The minimum Gasteiger partial charge on any atom is -0.476 e. The van der Waals surface area contributed by atoms with E-state index in [0.29, 0.717) is 18.2 Å². The molecule has 154 valence electrons. The fourth-order valence-electron chi connectivity index (χ4n) is 2.75. The molecule has 0 aliphatic heterocycles. The summed E-state index contributed by atoms with van der Waals surface area (Å²) in [5.74, 6) is 0.808. The molecule has 1 amide bonds. The molecule has 10 heteroatoms. The lowest BCUT2D eigenvalue weighted by Gasteiger charge is -2.20. The predicted molar refractivity (Wildman–Crippen MR) is 94.4 cm³/mol. The number of ether oxygens (including phenoxy) is 2. The Morgan fingerprint density at radius 3 is 2.62 bits per heavy atom. The van der Waals surface area contributed by atoms with Crippen LogP contribution < -0.4 is 14.8 Å². The third-order valence-corrected chi connectivity index (χ3v) is 4.63. The first-order valence-electron chi connectivity index (χ1n) is 9.36. The number of carbonyl (C=O) groups is 1. The molecule has 0 radical (unpaired) electrons. The van der Waals surface area contributed by atoms with Crippen LogP contribution in [-0.4, -0.2) is 33.8 Å². The molecule has 2 aromatic rings. The molecule has 0 bridgehead atoms. The van der Waals surface area contributed by atoms with Gasteiger partial charge in [-0.25, -0.2) is 9.78 Å². The van der Waals surface area contributed by atoms with E-state index in [4.69, 9.17) is 9.47 Å². The Hall–Kier alpha value is -2.91. The molecular weight excluding hydrogens is 389 g/mol. The monoisotopic (exact) mass is 408 g/mol. The lowest BCUT2D eigenvalue weighted by Crippen LogP contribution is -2.40. The van der Waals surface area contributed by atoms with Crippen molar-refractivity contribution in [1.29, 1.82) is 0 Å². The summed E-state index contributed by atoms with van der Waals surface area (Å²) in [5, 5.41) is 1.79. The van der Waals surface area contributed by atoms with Crippen molar-refractivity contribution in [2.75, 3.05) is 6.61 Å². The van der Waals surface area contributed by atoms with E-state index in [-0.39, 0.29) is 23.4 Å². The van der Waals surface area contributed by atoms with Gasteiger partial charge in [-0.05, 0) is 43.7 Å². The second-order valence-corrected chi connectivity index (χ2v) is 7.19. The van der Waals surface area contributed by atoms with Gasteiger partial charge in [0.05, 0.1) is 18.5 Å². The van der Waals surface area contributed by atoms with Crippen molar-refractivity contribution in [3.63, 3.8) is 0 Å². The Bertz CT molecular complexity index is 871. The summed E-state index contributed by atoms with van der Waals surface area (Å²) in [4.78, 5) is 24.2. The number of halogens is 3. The zero-order chi connectivity index (χ0) is 20.4. The zero-order valence-electron chi connectivity index (χ0n) is 15.4. The number of rotatable bonds is 7. The lowest BCUT2D eigenvalue weighted by molar-refractivity contribution is -0.156. The van der Waals surface area contributed by atoms with E-state index in [1.165, 1.54) is 30.6 Å². The van der Waals surface area contributed by atoms with E-state index >= 15 is 0 Å². The molecule has 1 atom stereocenters. The van der Waals surface area contributed by atoms with Gasteiger partial charge in [-0.1, -0.05) is 6.07 Å². The highest BCUT2D eigenvalue weighted by atomic mass is 19.4. The van der Waals surface area contributed by atoms with E-state index < -0.39 is 18.3 Å². The minimum absolute atomic E-state index is 0.223. The van der Waals surface area contributed by atoms with E-state index in [1.807, 2.05) is 0 Å². The maximum atomic E-state index is 13.3. The number of pyridine rings is 1. The van der Waals surface area contributed by atoms with Crippen LogP contribution in [0.1, 0.15) is 49.0 Å². The van der Waals surface area contributed by atoms with Gasteiger partial charge >= 0.3 is 12.3 Å². The smallest absolute Gasteiger partial charge is 0.414 e. The van der Waals surface area contributed by atoms with Crippen molar-refractivity contribution >= 4 is 6.09 Å². The number of alkyl halides is 3. The second-order valence-electron chi connectivity index (χ2n) is 7.19. The van der Waals surface area contributed by atoms with Crippen LogP contribution in [-0.2, 0) is 0 Å². The van der Waals surface area contributed by atoms with Crippen molar-refractivity contribution in [2.45, 2.75) is 43.8 Å². The summed E-state index contributed by atoms with van der Waals surface area (Å²) >= 11 is 0. The molecule has 1 N–H and O–H groups in total. The van der Waals surface area contributed by atoms with Gasteiger partial charge in [-0.3, -0.25) is 4.98 Å². The van der Waals surface area contributed by atoms with E-state index in [2.05, 4.69) is 15.0 Å². The van der Waals surface area contributed by atoms with Crippen molar-refractivity contribution in [1.82, 2.24) is 20.3 Å². The molecule has 29 heavy (non-hydrogen) atoms. The number of nitrogens with zero attached hydrogens (tertiary/aromatic N) is 3. The first-order chi connectivity index (χ1) is 13.9. The van der Waals surface area contributed by atoms with E-state index in [1.54, 1.807) is 5.32 Å². The Morgan fingerprint density at radius 1 is 1.21 bits per heavy atom. The van der Waals surface area contributed by atoms with Crippen LogP contribution in [0.3, 0.4) is 0 Å². The number of hydrogen-bond acceptors (Lipinski definition) is 6. The quantitative estimate of drug-likeness (QED) is 0.747.